The number of carbonyl (C=O) groups is 3. The van der Waals surface area contributed by atoms with Crippen LogP contribution in [0.25, 0.3) is 16.7 Å². The summed E-state index contributed by atoms with van der Waals surface area (Å²) in [4.78, 5) is 60.1. The van der Waals surface area contributed by atoms with E-state index in [1.165, 1.54) is 21.5 Å². The predicted octanol–water partition coefficient (Wildman–Crippen LogP) is 4.39. The van der Waals surface area contributed by atoms with Gasteiger partial charge >= 0.3 is 5.69 Å². The Hall–Kier alpha value is -5.45. The number of amides is 3. The molecule has 2 N–H and O–H groups in total. The molecular weight excluding hydrogens is 712 g/mol. The first-order valence-corrected chi connectivity index (χ1v) is 18.9. The first-order chi connectivity index (χ1) is 26.5. The molecule has 2 saturated heterocycles. The van der Waals surface area contributed by atoms with E-state index in [-0.39, 0.29) is 35.3 Å². The Morgan fingerprint density at radius 3 is 2.55 bits per heavy atom. The number of anilines is 2. The van der Waals surface area contributed by atoms with Gasteiger partial charge in [-0.15, -0.1) is 0 Å². The van der Waals surface area contributed by atoms with Crippen molar-refractivity contribution in [1.29, 1.82) is 0 Å². The molecule has 4 aromatic heterocycles. The lowest BCUT2D eigenvalue weighted by molar-refractivity contribution is -0.135. The lowest BCUT2D eigenvalue weighted by atomic mass is 9.85. The van der Waals surface area contributed by atoms with Gasteiger partial charge in [-0.2, -0.15) is 10.2 Å². The smallest absolute Gasteiger partial charge is 0.329 e. The van der Waals surface area contributed by atoms with E-state index >= 15 is 0 Å². The number of fused-ring (bicyclic) bond motifs is 2. The van der Waals surface area contributed by atoms with Crippen LogP contribution in [0.15, 0.2) is 47.7 Å². The number of imidazole rings is 1. The molecule has 0 bridgehead atoms. The van der Waals surface area contributed by atoms with Gasteiger partial charge in [0, 0.05) is 57.2 Å². The molecule has 1 aromatic carbocycles. The summed E-state index contributed by atoms with van der Waals surface area (Å²) < 4.78 is 34.5. The van der Waals surface area contributed by atoms with E-state index in [9.17, 15) is 28.0 Å². The number of benzene rings is 1. The highest BCUT2D eigenvalue weighted by molar-refractivity contribution is 6.08. The number of rotatable bonds is 9. The van der Waals surface area contributed by atoms with E-state index < -0.39 is 30.0 Å². The molecule has 3 aliphatic rings. The van der Waals surface area contributed by atoms with Crippen LogP contribution in [0.1, 0.15) is 91.6 Å². The monoisotopic (exact) mass is 757 g/mol. The van der Waals surface area contributed by atoms with E-state index in [0.29, 0.717) is 29.5 Å². The molecule has 1 saturated carbocycles. The van der Waals surface area contributed by atoms with Crippen LogP contribution in [0.2, 0.25) is 0 Å². The molecule has 3 amide bonds. The molecule has 6 heterocycles. The van der Waals surface area contributed by atoms with Crippen molar-refractivity contribution in [3.8, 4) is 0 Å². The standard InChI is InChI=1S/C38H45F2N11O4/c1-22-13-16-41-35-26(19-42-51(22)35)36(53)43-27-21-49(45-32(27)34(39)40)25-9-7-23(8-10-25)20-46(2)24-14-17-48(18-15-24)28-5-4-6-29-33(28)47(3)38(55)50(29)30-11-12-31(52)44-37(30)54/h4-6,13,16,19,21,23-25,30,34H,7-12,14-15,17-18,20H2,1-3H3,(H,43,53)(H,44,52,54). The number of para-hydroxylation sites is 1. The molecule has 17 heteroatoms. The third-order valence-corrected chi connectivity index (χ3v) is 11.8. The molecule has 290 valence electrons. The zero-order valence-electron chi connectivity index (χ0n) is 31.1. The summed E-state index contributed by atoms with van der Waals surface area (Å²) in [5.41, 5.74) is 3.03. The SMILES string of the molecule is Cc1ccnc2c(C(=O)Nc3cn(C4CCC(CN(C)C5CCN(c6cccc7c6n(C)c(=O)n7C6CCC(=O)NC6=O)CC5)CC4)nc3C(F)F)cnn12. The Bertz CT molecular complexity index is 2330. The van der Waals surface area contributed by atoms with Crippen molar-refractivity contribution in [3.63, 3.8) is 0 Å². The highest BCUT2D eigenvalue weighted by Crippen LogP contribution is 2.37. The van der Waals surface area contributed by atoms with Gasteiger partial charge in [0.15, 0.2) is 11.3 Å². The minimum Gasteiger partial charge on any atom is -0.370 e. The molecule has 1 aliphatic carbocycles. The third kappa shape index (κ3) is 6.78. The van der Waals surface area contributed by atoms with E-state index in [0.717, 1.165) is 75.1 Å². The van der Waals surface area contributed by atoms with E-state index in [2.05, 4.69) is 42.7 Å². The van der Waals surface area contributed by atoms with Crippen LogP contribution in [0.4, 0.5) is 20.2 Å². The van der Waals surface area contributed by atoms with Gasteiger partial charge < -0.3 is 15.1 Å². The van der Waals surface area contributed by atoms with Crippen molar-refractivity contribution in [1.82, 2.24) is 43.7 Å². The molecule has 0 spiro atoms. The van der Waals surface area contributed by atoms with Crippen LogP contribution in [0.5, 0.6) is 0 Å². The van der Waals surface area contributed by atoms with Crippen molar-refractivity contribution in [2.75, 3.05) is 36.9 Å². The number of imide groups is 1. The van der Waals surface area contributed by atoms with E-state index in [1.54, 1.807) is 28.6 Å². The number of hydrogen-bond donors (Lipinski definition) is 2. The van der Waals surface area contributed by atoms with Gasteiger partial charge in [0.1, 0.15) is 11.6 Å². The summed E-state index contributed by atoms with van der Waals surface area (Å²) in [6.45, 7) is 4.40. The van der Waals surface area contributed by atoms with Crippen molar-refractivity contribution in [2.24, 2.45) is 13.0 Å². The zero-order valence-corrected chi connectivity index (χ0v) is 31.1. The van der Waals surface area contributed by atoms with Crippen LogP contribution in [-0.2, 0) is 16.6 Å². The van der Waals surface area contributed by atoms with Crippen molar-refractivity contribution < 1.29 is 23.2 Å². The van der Waals surface area contributed by atoms with Gasteiger partial charge in [0.25, 0.3) is 12.3 Å². The number of halogens is 2. The zero-order chi connectivity index (χ0) is 38.5. The normalized spacial score (nSPS) is 21.3. The molecule has 2 aliphatic heterocycles. The molecule has 8 rings (SSSR count). The molecule has 1 unspecified atom stereocenters. The summed E-state index contributed by atoms with van der Waals surface area (Å²) in [5.74, 6) is -0.869. The second kappa shape index (κ2) is 14.7. The second-order valence-corrected chi connectivity index (χ2v) is 15.2. The Balaban J connectivity index is 0.869. The lowest BCUT2D eigenvalue weighted by Crippen LogP contribution is -2.45. The van der Waals surface area contributed by atoms with Gasteiger partial charge in [-0.05, 0) is 83.0 Å². The molecule has 15 nitrogen and oxygen atoms in total. The van der Waals surface area contributed by atoms with Gasteiger partial charge in [0.05, 0.1) is 34.6 Å². The number of piperidine rings is 2. The number of alkyl halides is 2. The fourth-order valence-electron chi connectivity index (χ4n) is 8.81. The van der Waals surface area contributed by atoms with Gasteiger partial charge in [-0.25, -0.2) is 23.1 Å². The fraction of sp³-hybridized carbons (Fsp3) is 0.500. The number of aryl methyl sites for hydroxylation is 2. The molecule has 55 heavy (non-hydrogen) atoms. The first kappa shape index (κ1) is 36.5. The van der Waals surface area contributed by atoms with Crippen LogP contribution in [-0.4, -0.2) is 88.9 Å². The van der Waals surface area contributed by atoms with Gasteiger partial charge in [-0.1, -0.05) is 6.07 Å². The van der Waals surface area contributed by atoms with Gasteiger partial charge in [-0.3, -0.25) is 33.5 Å². The van der Waals surface area contributed by atoms with Gasteiger partial charge in [0.2, 0.25) is 11.8 Å². The number of carbonyl (C=O) groups excluding carboxylic acids is 3. The molecule has 3 fully saturated rings. The average Bonchev–Trinajstić information content (AvgIpc) is 3.87. The molecular formula is C38H45F2N11O4. The highest BCUT2D eigenvalue weighted by Gasteiger charge is 2.34. The van der Waals surface area contributed by atoms with Crippen LogP contribution >= 0.6 is 0 Å². The number of nitrogens with one attached hydrogen (secondary N) is 2. The quantitative estimate of drug-likeness (QED) is 0.208. The lowest BCUT2D eigenvalue weighted by Gasteiger charge is -2.40. The Morgan fingerprint density at radius 1 is 1.05 bits per heavy atom. The average molecular weight is 758 g/mol. The Kier molecular flexibility index (Phi) is 9.73. The van der Waals surface area contributed by atoms with Crippen molar-refractivity contribution in [2.45, 2.75) is 82.8 Å². The predicted molar refractivity (Wildman–Crippen MR) is 200 cm³/mol. The topological polar surface area (TPSA) is 157 Å². The highest BCUT2D eigenvalue weighted by atomic mass is 19.3. The summed E-state index contributed by atoms with van der Waals surface area (Å²) in [6, 6.07) is 7.20. The minimum atomic E-state index is -2.85. The number of hydrogen-bond acceptors (Lipinski definition) is 9. The molecule has 0 radical (unpaired) electrons. The summed E-state index contributed by atoms with van der Waals surface area (Å²) in [5, 5.41) is 13.5. The van der Waals surface area contributed by atoms with Crippen molar-refractivity contribution >= 4 is 45.8 Å². The van der Waals surface area contributed by atoms with Crippen LogP contribution < -0.4 is 21.2 Å². The maximum absolute atomic E-state index is 14.1. The number of nitrogens with zero attached hydrogens (tertiary/aromatic N) is 9. The Labute approximate surface area is 315 Å². The van der Waals surface area contributed by atoms with E-state index in [1.807, 2.05) is 25.1 Å². The summed E-state index contributed by atoms with van der Waals surface area (Å²) in [7, 11) is 3.91. The van der Waals surface area contributed by atoms with Crippen molar-refractivity contribution in [3.05, 3.63) is 70.3 Å². The Morgan fingerprint density at radius 2 is 1.82 bits per heavy atom. The van der Waals surface area contributed by atoms with Crippen LogP contribution in [0.3, 0.4) is 0 Å². The second-order valence-electron chi connectivity index (χ2n) is 15.2. The molecule has 5 aromatic rings. The molecule has 1 atom stereocenters. The first-order valence-electron chi connectivity index (χ1n) is 18.9. The number of aromatic nitrogens is 7. The van der Waals surface area contributed by atoms with E-state index in [4.69, 9.17) is 0 Å². The maximum Gasteiger partial charge on any atom is 0.329 e. The summed E-state index contributed by atoms with van der Waals surface area (Å²) >= 11 is 0. The third-order valence-electron chi connectivity index (χ3n) is 11.8. The van der Waals surface area contributed by atoms with Crippen LogP contribution in [0, 0.1) is 12.8 Å². The largest absolute Gasteiger partial charge is 0.370 e. The maximum atomic E-state index is 14.1. The minimum absolute atomic E-state index is 0.00875. The summed E-state index contributed by atoms with van der Waals surface area (Å²) in [6.07, 6.45) is 7.49. The fourth-order valence-corrected chi connectivity index (χ4v) is 8.81.